The molecular weight excluding hydrogens is 388 g/mol. The maximum absolute atomic E-state index is 9.98. The van der Waals surface area contributed by atoms with Crippen molar-refractivity contribution >= 4 is 22.7 Å². The van der Waals surface area contributed by atoms with Gasteiger partial charge in [0.1, 0.15) is 5.82 Å². The van der Waals surface area contributed by atoms with Crippen LogP contribution in [0.4, 0.5) is 11.8 Å². The van der Waals surface area contributed by atoms with Crippen molar-refractivity contribution in [3.05, 3.63) is 18.0 Å². The van der Waals surface area contributed by atoms with Gasteiger partial charge in [0.2, 0.25) is 5.95 Å². The van der Waals surface area contributed by atoms with E-state index in [1.54, 1.807) is 0 Å². The molecule has 2 N–H and O–H groups in total. The highest BCUT2D eigenvalue weighted by atomic mass is 16.3. The largest absolute Gasteiger partial charge is 0.393 e. The Morgan fingerprint density at radius 2 is 1.94 bits per heavy atom. The standard InChI is InChI=1S/C24H38N6O/c1-5-6-16(2)27-24-26-14-21-22(28-24)20(17-7-9-19(31)10-8-17)13-25-23(21)30-12-11-18(15-30)29(3)4/h13-14,16-19,31H,5-12,15H2,1-4H3,(H,26,27,28)/t16?,17-,18-,19-/m1/s1. The average Bonchev–Trinajstić information content (AvgIpc) is 3.24. The maximum atomic E-state index is 9.98. The van der Waals surface area contributed by atoms with E-state index in [1.807, 2.05) is 6.20 Å². The lowest BCUT2D eigenvalue weighted by Crippen LogP contribution is -2.31. The zero-order valence-corrected chi connectivity index (χ0v) is 19.5. The predicted octanol–water partition coefficient (Wildman–Crippen LogP) is 3.78. The fraction of sp³-hybridized carbons (Fsp3) is 0.708. The van der Waals surface area contributed by atoms with E-state index in [-0.39, 0.29) is 6.10 Å². The van der Waals surface area contributed by atoms with Gasteiger partial charge in [-0.25, -0.2) is 15.0 Å². The molecule has 4 rings (SSSR count). The van der Waals surface area contributed by atoms with E-state index in [0.717, 1.165) is 74.8 Å². The summed E-state index contributed by atoms with van der Waals surface area (Å²) in [6.07, 6.45) is 10.9. The van der Waals surface area contributed by atoms with E-state index in [9.17, 15) is 5.11 Å². The van der Waals surface area contributed by atoms with Gasteiger partial charge in [-0.15, -0.1) is 0 Å². The second-order valence-electron chi connectivity index (χ2n) is 9.68. The lowest BCUT2D eigenvalue weighted by Gasteiger charge is -2.27. The predicted molar refractivity (Wildman–Crippen MR) is 127 cm³/mol. The minimum atomic E-state index is -0.163. The molecule has 1 aliphatic heterocycles. The summed E-state index contributed by atoms with van der Waals surface area (Å²) in [6.45, 7) is 6.37. The van der Waals surface area contributed by atoms with E-state index in [4.69, 9.17) is 9.97 Å². The van der Waals surface area contributed by atoms with Gasteiger partial charge in [-0.05, 0) is 65.5 Å². The molecule has 1 unspecified atom stereocenters. The Hall–Kier alpha value is -1.99. The van der Waals surface area contributed by atoms with Crippen LogP contribution in [0.25, 0.3) is 10.9 Å². The zero-order chi connectivity index (χ0) is 22.0. The van der Waals surface area contributed by atoms with Crippen molar-refractivity contribution in [2.75, 3.05) is 37.4 Å². The van der Waals surface area contributed by atoms with Crippen molar-refractivity contribution in [3.63, 3.8) is 0 Å². The third kappa shape index (κ3) is 4.93. The average molecular weight is 427 g/mol. The minimum absolute atomic E-state index is 0.163. The second-order valence-corrected chi connectivity index (χ2v) is 9.68. The van der Waals surface area contributed by atoms with Crippen LogP contribution in [0.15, 0.2) is 12.4 Å². The van der Waals surface area contributed by atoms with E-state index >= 15 is 0 Å². The number of nitrogens with one attached hydrogen (secondary N) is 1. The molecule has 1 saturated heterocycles. The Morgan fingerprint density at radius 1 is 1.16 bits per heavy atom. The van der Waals surface area contributed by atoms with E-state index in [0.29, 0.717) is 23.9 Å². The molecule has 0 aromatic carbocycles. The van der Waals surface area contributed by atoms with Crippen LogP contribution in [-0.4, -0.2) is 70.3 Å². The third-order valence-electron chi connectivity index (χ3n) is 7.06. The molecular formula is C24H38N6O. The lowest BCUT2D eigenvalue weighted by atomic mass is 9.82. The first-order valence-electron chi connectivity index (χ1n) is 12.0. The Kier molecular flexibility index (Phi) is 6.92. The molecule has 2 fully saturated rings. The molecule has 170 valence electrons. The molecule has 1 saturated carbocycles. The summed E-state index contributed by atoms with van der Waals surface area (Å²) >= 11 is 0. The van der Waals surface area contributed by atoms with Gasteiger partial charge in [-0.1, -0.05) is 13.3 Å². The molecule has 7 heteroatoms. The van der Waals surface area contributed by atoms with Gasteiger partial charge in [-0.2, -0.15) is 0 Å². The molecule has 2 aromatic rings. The summed E-state index contributed by atoms with van der Waals surface area (Å²) in [4.78, 5) is 19.3. The Morgan fingerprint density at radius 3 is 2.61 bits per heavy atom. The van der Waals surface area contributed by atoms with Crippen LogP contribution < -0.4 is 10.2 Å². The molecule has 2 atom stereocenters. The van der Waals surface area contributed by atoms with E-state index in [2.05, 4.69) is 54.2 Å². The fourth-order valence-electron chi connectivity index (χ4n) is 5.12. The summed E-state index contributed by atoms with van der Waals surface area (Å²) < 4.78 is 0. The normalized spacial score (nSPS) is 25.4. The molecule has 31 heavy (non-hydrogen) atoms. The van der Waals surface area contributed by atoms with Crippen molar-refractivity contribution in [1.29, 1.82) is 0 Å². The fourth-order valence-corrected chi connectivity index (χ4v) is 5.12. The number of hydrogen-bond donors (Lipinski definition) is 2. The number of aliphatic hydroxyl groups excluding tert-OH is 1. The third-order valence-corrected chi connectivity index (χ3v) is 7.06. The Labute approximate surface area is 186 Å². The highest BCUT2D eigenvalue weighted by molar-refractivity contribution is 5.92. The lowest BCUT2D eigenvalue weighted by molar-refractivity contribution is 0.122. The molecule has 0 spiro atoms. The van der Waals surface area contributed by atoms with Gasteiger partial charge in [0, 0.05) is 43.1 Å². The summed E-state index contributed by atoms with van der Waals surface area (Å²) in [5.41, 5.74) is 2.24. The first-order chi connectivity index (χ1) is 15.0. The number of anilines is 2. The summed E-state index contributed by atoms with van der Waals surface area (Å²) in [5, 5.41) is 14.5. The first kappa shape index (κ1) is 22.2. The quantitative estimate of drug-likeness (QED) is 0.697. The number of hydrogen-bond acceptors (Lipinski definition) is 7. The summed E-state index contributed by atoms with van der Waals surface area (Å²) in [7, 11) is 4.30. The molecule has 2 aromatic heterocycles. The van der Waals surface area contributed by atoms with E-state index in [1.165, 1.54) is 5.56 Å². The van der Waals surface area contributed by atoms with Crippen molar-refractivity contribution in [2.24, 2.45) is 0 Å². The van der Waals surface area contributed by atoms with Crippen LogP contribution in [-0.2, 0) is 0 Å². The Bertz CT molecular complexity index is 880. The van der Waals surface area contributed by atoms with Gasteiger partial charge >= 0.3 is 0 Å². The van der Waals surface area contributed by atoms with Crippen molar-refractivity contribution in [1.82, 2.24) is 19.9 Å². The number of likely N-dealkylation sites (N-methyl/N-ethyl adjacent to an activating group) is 1. The molecule has 0 radical (unpaired) electrons. The number of pyridine rings is 1. The van der Waals surface area contributed by atoms with Gasteiger partial charge in [0.05, 0.1) is 17.0 Å². The minimum Gasteiger partial charge on any atom is -0.393 e. The first-order valence-corrected chi connectivity index (χ1v) is 12.0. The molecule has 7 nitrogen and oxygen atoms in total. The second kappa shape index (κ2) is 9.65. The molecule has 0 bridgehead atoms. The van der Waals surface area contributed by atoms with Gasteiger partial charge in [0.25, 0.3) is 0 Å². The smallest absolute Gasteiger partial charge is 0.223 e. The summed E-state index contributed by atoms with van der Waals surface area (Å²) in [5.74, 6) is 2.11. The number of rotatable bonds is 7. The Balaban J connectivity index is 1.70. The van der Waals surface area contributed by atoms with Crippen molar-refractivity contribution in [2.45, 2.75) is 82.9 Å². The number of fused-ring (bicyclic) bond motifs is 1. The SMILES string of the molecule is CCCC(C)Nc1ncc2c(N3CC[C@@H](N(C)C)C3)ncc([C@H]3CC[C@H](O)CC3)c2n1. The molecule has 1 aliphatic carbocycles. The topological polar surface area (TPSA) is 77.4 Å². The van der Waals surface area contributed by atoms with Gasteiger partial charge in [0.15, 0.2) is 0 Å². The van der Waals surface area contributed by atoms with Crippen LogP contribution in [0.1, 0.15) is 70.3 Å². The molecule has 3 heterocycles. The zero-order valence-electron chi connectivity index (χ0n) is 19.5. The van der Waals surface area contributed by atoms with Crippen LogP contribution in [0.5, 0.6) is 0 Å². The number of aliphatic hydroxyl groups is 1. The van der Waals surface area contributed by atoms with Gasteiger partial charge < -0.3 is 20.2 Å². The van der Waals surface area contributed by atoms with Gasteiger partial charge in [-0.3, -0.25) is 0 Å². The van der Waals surface area contributed by atoms with Crippen LogP contribution in [0.3, 0.4) is 0 Å². The van der Waals surface area contributed by atoms with Crippen molar-refractivity contribution < 1.29 is 5.11 Å². The van der Waals surface area contributed by atoms with Crippen LogP contribution in [0, 0.1) is 0 Å². The van der Waals surface area contributed by atoms with Crippen LogP contribution in [0.2, 0.25) is 0 Å². The summed E-state index contributed by atoms with van der Waals surface area (Å²) in [6, 6.07) is 0.893. The molecule has 0 amide bonds. The maximum Gasteiger partial charge on any atom is 0.223 e. The number of nitrogens with zero attached hydrogens (tertiary/aromatic N) is 5. The number of aromatic nitrogens is 3. The molecule has 2 aliphatic rings. The monoisotopic (exact) mass is 426 g/mol. The highest BCUT2D eigenvalue weighted by Crippen LogP contribution is 2.38. The van der Waals surface area contributed by atoms with E-state index < -0.39 is 0 Å². The highest BCUT2D eigenvalue weighted by Gasteiger charge is 2.29. The van der Waals surface area contributed by atoms with Crippen LogP contribution >= 0.6 is 0 Å². The van der Waals surface area contributed by atoms with Crippen molar-refractivity contribution in [3.8, 4) is 0 Å².